The van der Waals surface area contributed by atoms with E-state index in [1.807, 2.05) is 12.1 Å². The Morgan fingerprint density at radius 3 is 2.50 bits per heavy atom. The summed E-state index contributed by atoms with van der Waals surface area (Å²) >= 11 is 0. The summed E-state index contributed by atoms with van der Waals surface area (Å²) in [5.74, 6) is 0.186. The number of nitrogen functional groups attached to an aromatic ring is 1. The van der Waals surface area contributed by atoms with E-state index in [0.717, 1.165) is 6.42 Å². The van der Waals surface area contributed by atoms with Crippen molar-refractivity contribution in [3.63, 3.8) is 0 Å². The molecule has 0 saturated carbocycles. The molecule has 1 fully saturated rings. The summed E-state index contributed by atoms with van der Waals surface area (Å²) in [7, 11) is 0. The van der Waals surface area contributed by atoms with Gasteiger partial charge < -0.3 is 15.7 Å². The lowest BCUT2D eigenvalue weighted by atomic mass is 10.1. The van der Waals surface area contributed by atoms with Gasteiger partial charge in [0.2, 0.25) is 0 Å². The zero-order valence-corrected chi connectivity index (χ0v) is 11.1. The predicted molar refractivity (Wildman–Crippen MR) is 75.7 cm³/mol. The first-order valence-electron chi connectivity index (χ1n) is 7.05. The molecule has 0 atom stereocenters. The minimum absolute atomic E-state index is 0.186. The summed E-state index contributed by atoms with van der Waals surface area (Å²) in [5.41, 5.74) is 7.41. The highest BCUT2D eigenvalue weighted by atomic mass is 16.3. The molecule has 0 unspecified atom stereocenters. The maximum absolute atomic E-state index is 9.37. The molecule has 0 amide bonds. The average Bonchev–Trinajstić information content (AvgIpc) is 2.62. The Hall–Kier alpha value is -1.22. The molecule has 0 spiro atoms. The molecule has 2 rings (SSSR count). The topological polar surface area (TPSA) is 49.5 Å². The smallest absolute Gasteiger partial charge is 0.138 e. The highest BCUT2D eigenvalue weighted by Gasteiger charge is 2.08. The third-order valence-electron chi connectivity index (χ3n) is 3.73. The predicted octanol–water partition coefficient (Wildman–Crippen LogP) is 2.78. The van der Waals surface area contributed by atoms with Gasteiger partial charge in [-0.15, -0.1) is 0 Å². The fourth-order valence-corrected chi connectivity index (χ4v) is 2.63. The van der Waals surface area contributed by atoms with Crippen LogP contribution in [0.15, 0.2) is 18.2 Å². The normalized spacial score (nSPS) is 17.6. The van der Waals surface area contributed by atoms with Crippen molar-refractivity contribution in [2.24, 2.45) is 0 Å². The third kappa shape index (κ3) is 3.91. The third-order valence-corrected chi connectivity index (χ3v) is 3.73. The number of aromatic hydroxyl groups is 1. The van der Waals surface area contributed by atoms with Crippen LogP contribution in [0.25, 0.3) is 0 Å². The highest BCUT2D eigenvalue weighted by molar-refractivity contribution is 5.53. The Kier molecular flexibility index (Phi) is 4.88. The quantitative estimate of drug-likeness (QED) is 0.636. The van der Waals surface area contributed by atoms with E-state index in [2.05, 4.69) is 4.90 Å². The van der Waals surface area contributed by atoms with E-state index in [4.69, 9.17) is 5.73 Å². The molecule has 3 N–H and O–H groups in total. The molecule has 3 nitrogen and oxygen atoms in total. The van der Waals surface area contributed by atoms with E-state index >= 15 is 0 Å². The summed E-state index contributed by atoms with van der Waals surface area (Å²) in [4.78, 5) is 2.58. The molecular formula is C15H24N2O. The SMILES string of the molecule is Nc1cc(CCCN2CCCCCC2)ccc1O. The van der Waals surface area contributed by atoms with Crippen molar-refractivity contribution in [3.05, 3.63) is 23.8 Å². The minimum Gasteiger partial charge on any atom is -0.506 e. The van der Waals surface area contributed by atoms with Crippen LogP contribution in [0.1, 0.15) is 37.7 Å². The lowest BCUT2D eigenvalue weighted by Gasteiger charge is -2.19. The highest BCUT2D eigenvalue weighted by Crippen LogP contribution is 2.21. The second-order valence-electron chi connectivity index (χ2n) is 5.25. The van der Waals surface area contributed by atoms with Gasteiger partial charge in [-0.2, -0.15) is 0 Å². The van der Waals surface area contributed by atoms with E-state index in [1.54, 1.807) is 6.07 Å². The molecule has 1 saturated heterocycles. The molecule has 1 aliphatic heterocycles. The van der Waals surface area contributed by atoms with Gasteiger partial charge in [-0.3, -0.25) is 0 Å². The Balaban J connectivity index is 1.75. The van der Waals surface area contributed by atoms with Crippen LogP contribution in [0.4, 0.5) is 5.69 Å². The second-order valence-corrected chi connectivity index (χ2v) is 5.25. The van der Waals surface area contributed by atoms with Gasteiger partial charge in [0.25, 0.3) is 0 Å². The maximum Gasteiger partial charge on any atom is 0.138 e. The van der Waals surface area contributed by atoms with E-state index < -0.39 is 0 Å². The Labute approximate surface area is 110 Å². The number of anilines is 1. The molecule has 0 bridgehead atoms. The molecule has 18 heavy (non-hydrogen) atoms. The van der Waals surface area contributed by atoms with Gasteiger partial charge in [-0.05, 0) is 63.0 Å². The zero-order valence-electron chi connectivity index (χ0n) is 11.1. The van der Waals surface area contributed by atoms with Crippen LogP contribution in [-0.4, -0.2) is 29.6 Å². The van der Waals surface area contributed by atoms with E-state index in [-0.39, 0.29) is 5.75 Å². The van der Waals surface area contributed by atoms with E-state index in [1.165, 1.54) is 57.3 Å². The fourth-order valence-electron chi connectivity index (χ4n) is 2.63. The monoisotopic (exact) mass is 248 g/mol. The largest absolute Gasteiger partial charge is 0.506 e. The van der Waals surface area contributed by atoms with Crippen LogP contribution in [0.5, 0.6) is 5.75 Å². The van der Waals surface area contributed by atoms with E-state index in [9.17, 15) is 5.11 Å². The molecule has 1 aromatic rings. The van der Waals surface area contributed by atoms with Crippen molar-refractivity contribution in [2.45, 2.75) is 38.5 Å². The number of rotatable bonds is 4. The van der Waals surface area contributed by atoms with Gasteiger partial charge in [-0.1, -0.05) is 18.9 Å². The molecule has 1 aliphatic rings. The van der Waals surface area contributed by atoms with E-state index in [0.29, 0.717) is 5.69 Å². The zero-order chi connectivity index (χ0) is 12.8. The van der Waals surface area contributed by atoms with Crippen molar-refractivity contribution in [3.8, 4) is 5.75 Å². The first-order valence-corrected chi connectivity index (χ1v) is 7.05. The van der Waals surface area contributed by atoms with Crippen molar-refractivity contribution in [1.82, 2.24) is 4.90 Å². The van der Waals surface area contributed by atoms with Gasteiger partial charge in [-0.25, -0.2) is 0 Å². The summed E-state index contributed by atoms with van der Waals surface area (Å²) in [6, 6.07) is 5.54. The summed E-state index contributed by atoms with van der Waals surface area (Å²) in [6.45, 7) is 3.70. The molecule has 1 aromatic carbocycles. The van der Waals surface area contributed by atoms with Crippen LogP contribution in [0.3, 0.4) is 0 Å². The average molecular weight is 248 g/mol. The maximum atomic E-state index is 9.37. The first-order chi connectivity index (χ1) is 8.75. The van der Waals surface area contributed by atoms with Crippen LogP contribution < -0.4 is 5.73 Å². The number of nitrogens with two attached hydrogens (primary N) is 1. The second kappa shape index (κ2) is 6.64. The molecule has 0 radical (unpaired) electrons. The molecule has 1 heterocycles. The van der Waals surface area contributed by atoms with Crippen LogP contribution in [0, 0.1) is 0 Å². The standard InChI is InChI=1S/C15H24N2O/c16-14-12-13(7-8-15(14)18)6-5-11-17-9-3-1-2-4-10-17/h7-8,12,18H,1-6,9-11,16H2. The van der Waals surface area contributed by atoms with Crippen molar-refractivity contribution in [2.75, 3.05) is 25.4 Å². The number of phenolic OH excluding ortho intramolecular Hbond substituents is 1. The van der Waals surface area contributed by atoms with Crippen molar-refractivity contribution in [1.29, 1.82) is 0 Å². The van der Waals surface area contributed by atoms with Crippen molar-refractivity contribution >= 4 is 5.69 Å². The van der Waals surface area contributed by atoms with Crippen LogP contribution >= 0.6 is 0 Å². The molecule has 0 aromatic heterocycles. The Bertz CT molecular complexity index is 371. The fraction of sp³-hybridized carbons (Fsp3) is 0.600. The number of nitrogens with zero attached hydrogens (tertiary/aromatic N) is 1. The lowest BCUT2D eigenvalue weighted by molar-refractivity contribution is 0.281. The minimum atomic E-state index is 0.186. The first kappa shape index (κ1) is 13.2. The lowest BCUT2D eigenvalue weighted by Crippen LogP contribution is -2.26. The number of benzene rings is 1. The van der Waals surface area contributed by atoms with Gasteiger partial charge in [0.05, 0.1) is 5.69 Å². The number of phenols is 1. The Morgan fingerprint density at radius 2 is 1.83 bits per heavy atom. The number of hydrogen-bond donors (Lipinski definition) is 2. The van der Waals surface area contributed by atoms with Crippen LogP contribution in [-0.2, 0) is 6.42 Å². The van der Waals surface area contributed by atoms with Gasteiger partial charge >= 0.3 is 0 Å². The van der Waals surface area contributed by atoms with Gasteiger partial charge in [0.1, 0.15) is 5.75 Å². The molecule has 0 aliphatic carbocycles. The number of hydrogen-bond acceptors (Lipinski definition) is 3. The summed E-state index contributed by atoms with van der Waals surface area (Å²) < 4.78 is 0. The Morgan fingerprint density at radius 1 is 1.11 bits per heavy atom. The molecule has 100 valence electrons. The number of likely N-dealkylation sites (tertiary alicyclic amines) is 1. The van der Waals surface area contributed by atoms with Gasteiger partial charge in [0, 0.05) is 0 Å². The van der Waals surface area contributed by atoms with Crippen LogP contribution in [0.2, 0.25) is 0 Å². The number of aryl methyl sites for hydroxylation is 1. The molecular weight excluding hydrogens is 224 g/mol. The molecule has 3 heteroatoms. The summed E-state index contributed by atoms with van der Waals surface area (Å²) in [5, 5.41) is 9.37. The van der Waals surface area contributed by atoms with Crippen molar-refractivity contribution < 1.29 is 5.11 Å². The van der Waals surface area contributed by atoms with Gasteiger partial charge in [0.15, 0.2) is 0 Å². The summed E-state index contributed by atoms with van der Waals surface area (Å²) in [6.07, 6.45) is 7.71.